The second-order valence-electron chi connectivity index (χ2n) is 12.1. The van der Waals surface area contributed by atoms with Crippen molar-refractivity contribution >= 4 is 50.0 Å². The summed E-state index contributed by atoms with van der Waals surface area (Å²) in [5.41, 5.74) is 1.52. The normalized spacial score (nSPS) is 11.7. The highest BCUT2D eigenvalue weighted by Gasteiger charge is 2.29. The lowest BCUT2D eigenvalue weighted by atomic mass is 9.98. The first kappa shape index (κ1) is 37.2. The number of anilines is 1. The minimum atomic E-state index is -4.05. The lowest BCUT2D eigenvalue weighted by Crippen LogP contribution is -2.36. The smallest absolute Gasteiger partial charge is 0.272 e. The Hall–Kier alpha value is -3.66. The Bertz CT molecular complexity index is 1760. The summed E-state index contributed by atoms with van der Waals surface area (Å²) in [5, 5.41) is 0.865. The number of carbonyl (C=O) groups is 2. The summed E-state index contributed by atoms with van der Waals surface area (Å²) in [7, 11) is -4.05. The number of rotatable bonds is 19. The van der Waals surface area contributed by atoms with E-state index in [0.717, 1.165) is 49.5 Å². The largest absolute Gasteiger partial charge is 0.494 e. The summed E-state index contributed by atoms with van der Waals surface area (Å²) in [5.74, 6) is 0.234. The molecule has 0 bridgehead atoms. The molecule has 0 aliphatic carbocycles. The molecule has 10 heteroatoms. The molecule has 0 atom stereocenters. The van der Waals surface area contributed by atoms with E-state index in [1.165, 1.54) is 62.1 Å². The first-order chi connectivity index (χ1) is 23.1. The number of furan rings is 1. The van der Waals surface area contributed by atoms with Gasteiger partial charge in [0.15, 0.2) is 5.78 Å². The SMILES string of the molecule is CCCCc1oc2ccc(N(C(=O)c3ccc(Cl)cc3)S(C)(=O)=O)cc2c1C(=O)c1ccc(OCCCN(CCCC)CCCC)cc1. The van der Waals surface area contributed by atoms with Gasteiger partial charge in [-0.3, -0.25) is 9.59 Å². The molecule has 48 heavy (non-hydrogen) atoms. The molecule has 1 heterocycles. The quantitative estimate of drug-likeness (QED) is 0.0714. The molecule has 3 aromatic carbocycles. The van der Waals surface area contributed by atoms with Crippen molar-refractivity contribution in [2.45, 2.75) is 72.1 Å². The topological polar surface area (TPSA) is 97.1 Å². The van der Waals surface area contributed by atoms with Gasteiger partial charge in [0.25, 0.3) is 5.91 Å². The van der Waals surface area contributed by atoms with E-state index < -0.39 is 15.9 Å². The number of fused-ring (bicyclic) bond motifs is 1. The fourth-order valence-electron chi connectivity index (χ4n) is 5.62. The molecule has 8 nitrogen and oxygen atoms in total. The Kier molecular flexibility index (Phi) is 13.7. The predicted molar refractivity (Wildman–Crippen MR) is 194 cm³/mol. The zero-order valence-electron chi connectivity index (χ0n) is 28.5. The van der Waals surface area contributed by atoms with Gasteiger partial charge in [0.2, 0.25) is 10.0 Å². The molecule has 4 rings (SSSR count). The highest BCUT2D eigenvalue weighted by molar-refractivity contribution is 7.92. The van der Waals surface area contributed by atoms with E-state index in [2.05, 4.69) is 25.7 Å². The average Bonchev–Trinajstić information content (AvgIpc) is 3.43. The number of ether oxygens (including phenoxy) is 1. The van der Waals surface area contributed by atoms with Crippen molar-refractivity contribution < 1.29 is 27.2 Å². The zero-order chi connectivity index (χ0) is 34.7. The lowest BCUT2D eigenvalue weighted by molar-refractivity contribution is 0.100. The van der Waals surface area contributed by atoms with Gasteiger partial charge in [-0.15, -0.1) is 0 Å². The molecule has 258 valence electrons. The molecular formula is C38H47ClN2O6S. The average molecular weight is 695 g/mol. The van der Waals surface area contributed by atoms with Crippen molar-refractivity contribution in [3.8, 4) is 5.75 Å². The molecule has 4 aromatic rings. The van der Waals surface area contributed by atoms with Crippen molar-refractivity contribution in [2.24, 2.45) is 0 Å². The fourth-order valence-corrected chi connectivity index (χ4v) is 6.65. The third kappa shape index (κ3) is 9.71. The summed E-state index contributed by atoms with van der Waals surface area (Å²) in [6.07, 6.45) is 8.89. The third-order valence-corrected chi connectivity index (χ3v) is 9.52. The molecular weight excluding hydrogens is 648 g/mol. The Morgan fingerprint density at radius 2 is 1.40 bits per heavy atom. The summed E-state index contributed by atoms with van der Waals surface area (Å²) in [4.78, 5) is 30.1. The van der Waals surface area contributed by atoms with Crippen molar-refractivity contribution in [3.63, 3.8) is 0 Å². The van der Waals surface area contributed by atoms with Gasteiger partial charge in [0, 0.05) is 34.5 Å². The number of ketones is 1. The maximum absolute atomic E-state index is 14.1. The summed E-state index contributed by atoms with van der Waals surface area (Å²) in [6.45, 7) is 10.3. The van der Waals surface area contributed by atoms with E-state index in [-0.39, 0.29) is 17.0 Å². The van der Waals surface area contributed by atoms with E-state index in [9.17, 15) is 18.0 Å². The van der Waals surface area contributed by atoms with Gasteiger partial charge in [-0.25, -0.2) is 12.7 Å². The maximum atomic E-state index is 14.1. The van der Waals surface area contributed by atoms with Crippen LogP contribution >= 0.6 is 11.6 Å². The van der Waals surface area contributed by atoms with Crippen LogP contribution in [0.4, 0.5) is 5.69 Å². The molecule has 0 saturated carbocycles. The van der Waals surface area contributed by atoms with Crippen LogP contribution in [0, 0.1) is 0 Å². The number of nitrogens with zero attached hydrogens (tertiary/aromatic N) is 2. The van der Waals surface area contributed by atoms with Crippen molar-refractivity contribution in [2.75, 3.05) is 36.8 Å². The van der Waals surface area contributed by atoms with E-state index in [1.807, 2.05) is 0 Å². The number of carbonyl (C=O) groups excluding carboxylic acids is 2. The van der Waals surface area contributed by atoms with Gasteiger partial charge in [0.05, 0.1) is 24.1 Å². The van der Waals surface area contributed by atoms with E-state index in [4.69, 9.17) is 20.8 Å². The monoisotopic (exact) mass is 694 g/mol. The summed E-state index contributed by atoms with van der Waals surface area (Å²) < 4.78 is 38.8. The number of aryl methyl sites for hydroxylation is 1. The van der Waals surface area contributed by atoms with E-state index in [1.54, 1.807) is 30.3 Å². The third-order valence-electron chi connectivity index (χ3n) is 8.23. The Morgan fingerprint density at radius 1 is 0.792 bits per heavy atom. The summed E-state index contributed by atoms with van der Waals surface area (Å²) in [6, 6.07) is 17.7. The van der Waals surface area contributed by atoms with Gasteiger partial charge >= 0.3 is 0 Å². The fraction of sp³-hybridized carbons (Fsp3) is 0.421. The number of hydrogen-bond acceptors (Lipinski definition) is 7. The minimum Gasteiger partial charge on any atom is -0.494 e. The molecule has 0 N–H and O–H groups in total. The van der Waals surface area contributed by atoms with Crippen LogP contribution in [0.1, 0.15) is 97.8 Å². The molecule has 0 aliphatic rings. The maximum Gasteiger partial charge on any atom is 0.272 e. The van der Waals surface area contributed by atoms with Crippen molar-refractivity contribution in [1.82, 2.24) is 4.90 Å². The van der Waals surface area contributed by atoms with Crippen LogP contribution in [0.2, 0.25) is 5.02 Å². The summed E-state index contributed by atoms with van der Waals surface area (Å²) >= 11 is 5.99. The first-order valence-corrected chi connectivity index (χ1v) is 19.2. The number of amides is 1. The van der Waals surface area contributed by atoms with Crippen LogP contribution in [-0.4, -0.2) is 57.5 Å². The van der Waals surface area contributed by atoms with Gasteiger partial charge in [-0.05, 0) is 106 Å². The Labute approximate surface area is 290 Å². The van der Waals surface area contributed by atoms with E-state index in [0.29, 0.717) is 51.7 Å². The van der Waals surface area contributed by atoms with Gasteiger partial charge in [-0.1, -0.05) is 51.6 Å². The lowest BCUT2D eigenvalue weighted by Gasteiger charge is -2.21. The van der Waals surface area contributed by atoms with E-state index >= 15 is 0 Å². The van der Waals surface area contributed by atoms with Crippen LogP contribution in [0.15, 0.2) is 71.1 Å². The predicted octanol–water partition coefficient (Wildman–Crippen LogP) is 8.94. The number of benzene rings is 3. The van der Waals surface area contributed by atoms with Crippen LogP contribution in [0.5, 0.6) is 5.75 Å². The number of hydrogen-bond donors (Lipinski definition) is 0. The van der Waals surface area contributed by atoms with Crippen molar-refractivity contribution in [1.29, 1.82) is 0 Å². The van der Waals surface area contributed by atoms with Gasteiger partial charge < -0.3 is 14.1 Å². The van der Waals surface area contributed by atoms with Crippen LogP contribution in [0.3, 0.4) is 0 Å². The first-order valence-electron chi connectivity index (χ1n) is 16.9. The molecule has 0 radical (unpaired) electrons. The number of sulfonamides is 1. The Morgan fingerprint density at radius 3 is 2.00 bits per heavy atom. The van der Waals surface area contributed by atoms with Crippen LogP contribution in [-0.2, 0) is 16.4 Å². The van der Waals surface area contributed by atoms with Crippen molar-refractivity contribution in [3.05, 3.63) is 94.2 Å². The second-order valence-corrected chi connectivity index (χ2v) is 14.4. The molecule has 0 spiro atoms. The minimum absolute atomic E-state index is 0.105. The van der Waals surface area contributed by atoms with Crippen LogP contribution in [0.25, 0.3) is 11.0 Å². The zero-order valence-corrected chi connectivity index (χ0v) is 30.0. The second kappa shape index (κ2) is 17.7. The van der Waals surface area contributed by atoms with Gasteiger partial charge in [-0.2, -0.15) is 0 Å². The molecule has 1 amide bonds. The van der Waals surface area contributed by atoms with Crippen LogP contribution < -0.4 is 9.04 Å². The highest BCUT2D eigenvalue weighted by atomic mass is 35.5. The molecule has 0 fully saturated rings. The van der Waals surface area contributed by atoms with Gasteiger partial charge in [0.1, 0.15) is 17.1 Å². The highest BCUT2D eigenvalue weighted by Crippen LogP contribution is 2.34. The standard InChI is InChI=1S/C38H47ClN2O6S/c1-5-8-12-35-36(37(42)28-15-20-32(21-16-28)46-26-11-25-40(23-9-6-2)24-10-7-3)33-27-31(19-22-34(33)47-35)41(48(4,44)45)38(43)29-13-17-30(39)18-14-29/h13-22,27H,5-12,23-26H2,1-4H3. The molecule has 0 aliphatic heterocycles. The molecule has 0 saturated heterocycles. The number of unbranched alkanes of at least 4 members (excludes halogenated alkanes) is 3. The number of halogens is 1. The molecule has 1 aromatic heterocycles. The Balaban J connectivity index is 1.58. The molecule has 0 unspecified atom stereocenters.